The molecular formula is C22H27N5O3. The Bertz CT molecular complexity index is 1000. The van der Waals surface area contributed by atoms with E-state index in [1.54, 1.807) is 30.3 Å². The summed E-state index contributed by atoms with van der Waals surface area (Å²) in [5.41, 5.74) is 0.280. The summed E-state index contributed by atoms with van der Waals surface area (Å²) in [5, 5.41) is 29.9. The first kappa shape index (κ1) is 22.8. The lowest BCUT2D eigenvalue weighted by Gasteiger charge is -2.06. The van der Waals surface area contributed by atoms with E-state index in [2.05, 4.69) is 27.5 Å². The molecule has 158 valence electrons. The average molecular weight is 409 g/mol. The molecule has 2 aromatic rings. The van der Waals surface area contributed by atoms with Crippen LogP contribution < -0.4 is 10.9 Å². The Labute approximate surface area is 175 Å². The quantitative estimate of drug-likeness (QED) is 0.385. The van der Waals surface area contributed by atoms with Crippen LogP contribution >= 0.6 is 0 Å². The number of hydrogen-bond donors (Lipinski definition) is 3. The minimum absolute atomic E-state index is 0.00378. The van der Waals surface area contributed by atoms with Crippen LogP contribution in [0.5, 0.6) is 5.88 Å². The molecule has 8 nitrogen and oxygen atoms in total. The summed E-state index contributed by atoms with van der Waals surface area (Å²) in [6.45, 7) is 4.31. The fourth-order valence-electron chi connectivity index (χ4n) is 2.98. The van der Waals surface area contributed by atoms with Gasteiger partial charge in [-0.15, -0.1) is 5.11 Å². The number of carbonyl (C=O) groups excluding carboxylic acids is 1. The van der Waals surface area contributed by atoms with Gasteiger partial charge in [-0.05, 0) is 31.5 Å². The number of pyridine rings is 1. The Balaban J connectivity index is 2.02. The molecule has 1 amide bonds. The van der Waals surface area contributed by atoms with E-state index in [0.29, 0.717) is 17.8 Å². The predicted molar refractivity (Wildman–Crippen MR) is 115 cm³/mol. The molecular weight excluding hydrogens is 382 g/mol. The summed E-state index contributed by atoms with van der Waals surface area (Å²) in [6.07, 6.45) is 6.93. The van der Waals surface area contributed by atoms with E-state index in [-0.39, 0.29) is 22.7 Å². The van der Waals surface area contributed by atoms with Gasteiger partial charge in [-0.1, -0.05) is 45.1 Å². The maximum absolute atomic E-state index is 12.3. The van der Waals surface area contributed by atoms with Crippen molar-refractivity contribution in [1.29, 1.82) is 5.26 Å². The maximum Gasteiger partial charge on any atom is 0.269 e. The van der Waals surface area contributed by atoms with E-state index in [1.165, 1.54) is 32.6 Å². The number of unbranched alkanes of at least 4 members (excludes halogenated alkanes) is 5. The lowest BCUT2D eigenvalue weighted by atomic mass is 10.1. The van der Waals surface area contributed by atoms with Crippen LogP contribution in [0.3, 0.4) is 0 Å². The Morgan fingerprint density at radius 3 is 2.67 bits per heavy atom. The van der Waals surface area contributed by atoms with E-state index < -0.39 is 11.4 Å². The van der Waals surface area contributed by atoms with Crippen molar-refractivity contribution < 1.29 is 9.90 Å². The summed E-state index contributed by atoms with van der Waals surface area (Å²) in [7, 11) is 0. The lowest BCUT2D eigenvalue weighted by molar-refractivity contribution is 0.0953. The van der Waals surface area contributed by atoms with E-state index in [4.69, 9.17) is 5.26 Å². The number of azo groups is 1. The third-order valence-corrected chi connectivity index (χ3v) is 4.72. The van der Waals surface area contributed by atoms with E-state index in [0.717, 1.165) is 12.8 Å². The molecule has 1 aromatic carbocycles. The zero-order valence-electron chi connectivity index (χ0n) is 17.4. The van der Waals surface area contributed by atoms with Gasteiger partial charge in [-0.2, -0.15) is 10.4 Å². The van der Waals surface area contributed by atoms with Crippen molar-refractivity contribution in [1.82, 2.24) is 10.3 Å². The fraction of sp³-hybridized carbons (Fsp3) is 0.409. The van der Waals surface area contributed by atoms with Crippen LogP contribution in [0.25, 0.3) is 0 Å². The summed E-state index contributed by atoms with van der Waals surface area (Å²) in [6, 6.07) is 8.41. The van der Waals surface area contributed by atoms with Gasteiger partial charge in [-0.25, -0.2) is 0 Å². The van der Waals surface area contributed by atoms with Gasteiger partial charge in [0.15, 0.2) is 0 Å². The first-order chi connectivity index (χ1) is 14.5. The fourth-order valence-corrected chi connectivity index (χ4v) is 2.98. The highest BCUT2D eigenvalue weighted by atomic mass is 16.3. The minimum Gasteiger partial charge on any atom is -0.493 e. The average Bonchev–Trinajstić information content (AvgIpc) is 2.73. The molecule has 0 atom stereocenters. The monoisotopic (exact) mass is 409 g/mol. The largest absolute Gasteiger partial charge is 0.493 e. The molecule has 0 saturated carbocycles. The Hall–Kier alpha value is -3.47. The molecule has 0 aliphatic heterocycles. The molecule has 0 radical (unpaired) electrons. The molecule has 0 aliphatic rings. The number of nitrogens with one attached hydrogen (secondary N) is 2. The summed E-state index contributed by atoms with van der Waals surface area (Å²) in [4.78, 5) is 26.2. The zero-order valence-corrected chi connectivity index (χ0v) is 17.4. The molecule has 0 saturated heterocycles. The van der Waals surface area contributed by atoms with Crippen molar-refractivity contribution in [3.05, 3.63) is 51.3 Å². The Morgan fingerprint density at radius 1 is 1.20 bits per heavy atom. The van der Waals surface area contributed by atoms with Gasteiger partial charge < -0.3 is 10.4 Å². The van der Waals surface area contributed by atoms with Crippen LogP contribution in [0.4, 0.5) is 11.4 Å². The van der Waals surface area contributed by atoms with E-state index in [9.17, 15) is 14.7 Å². The first-order valence-corrected chi connectivity index (χ1v) is 10.1. The number of aromatic amines is 1. The second-order valence-corrected chi connectivity index (χ2v) is 7.04. The van der Waals surface area contributed by atoms with Crippen LogP contribution in [0, 0.1) is 18.3 Å². The number of amides is 1. The smallest absolute Gasteiger partial charge is 0.269 e. The molecule has 0 bridgehead atoms. The number of nitriles is 1. The molecule has 0 fully saturated rings. The van der Waals surface area contributed by atoms with Gasteiger partial charge in [0.25, 0.3) is 11.5 Å². The topological polar surface area (TPSA) is 131 Å². The molecule has 2 rings (SSSR count). The van der Waals surface area contributed by atoms with Gasteiger partial charge >= 0.3 is 0 Å². The van der Waals surface area contributed by atoms with E-state index in [1.807, 2.05) is 0 Å². The highest BCUT2D eigenvalue weighted by molar-refractivity contribution is 5.94. The van der Waals surface area contributed by atoms with Crippen LogP contribution in [-0.2, 0) is 0 Å². The third-order valence-electron chi connectivity index (χ3n) is 4.72. The van der Waals surface area contributed by atoms with Gasteiger partial charge in [-0.3, -0.25) is 14.6 Å². The summed E-state index contributed by atoms with van der Waals surface area (Å²) in [5.74, 6) is -0.650. The molecule has 1 heterocycles. The minimum atomic E-state index is -0.685. The molecule has 0 spiro atoms. The number of carbonyl (C=O) groups is 1. The number of benzene rings is 1. The molecule has 1 aromatic heterocycles. The van der Waals surface area contributed by atoms with Gasteiger partial charge in [0.05, 0.1) is 5.69 Å². The highest BCUT2D eigenvalue weighted by Crippen LogP contribution is 2.30. The second kappa shape index (κ2) is 11.5. The summed E-state index contributed by atoms with van der Waals surface area (Å²) < 4.78 is 0. The van der Waals surface area contributed by atoms with Gasteiger partial charge in [0.2, 0.25) is 5.88 Å². The standard InChI is InChI=1S/C22H27N5O3/c1-3-4-5-6-7-8-12-24-20(28)16-10-9-11-17(13-16)26-27-19-15(2)18(14-23)21(29)25-22(19)30/h9-11,13H,3-8,12H2,1-2H3,(H,24,28)(H2,25,29,30)/b27-26+. The van der Waals surface area contributed by atoms with Crippen molar-refractivity contribution in [3.8, 4) is 11.9 Å². The van der Waals surface area contributed by atoms with Gasteiger partial charge in [0, 0.05) is 17.7 Å². The SMILES string of the molecule is CCCCCCCCNC(=O)c1cccc(/N=N/c2c(O)[nH]c(=O)c(C#N)c2C)c1. The Kier molecular flexibility index (Phi) is 8.75. The van der Waals surface area contributed by atoms with Gasteiger partial charge in [0.1, 0.15) is 17.3 Å². The number of hydrogen-bond acceptors (Lipinski definition) is 6. The number of rotatable bonds is 10. The number of nitrogens with zero attached hydrogens (tertiary/aromatic N) is 3. The Morgan fingerprint density at radius 2 is 1.93 bits per heavy atom. The molecule has 8 heteroatoms. The number of aromatic nitrogens is 1. The van der Waals surface area contributed by atoms with Crippen molar-refractivity contribution >= 4 is 17.3 Å². The third kappa shape index (κ3) is 6.27. The second-order valence-electron chi connectivity index (χ2n) is 7.04. The van der Waals surface area contributed by atoms with Crippen LogP contribution in [-0.4, -0.2) is 22.5 Å². The lowest BCUT2D eigenvalue weighted by Crippen LogP contribution is -2.24. The molecule has 3 N–H and O–H groups in total. The van der Waals surface area contributed by atoms with Crippen molar-refractivity contribution in [2.45, 2.75) is 52.4 Å². The van der Waals surface area contributed by atoms with Crippen LogP contribution in [0.2, 0.25) is 0 Å². The summed E-state index contributed by atoms with van der Waals surface area (Å²) >= 11 is 0. The predicted octanol–water partition coefficient (Wildman–Crippen LogP) is 4.77. The van der Waals surface area contributed by atoms with Crippen LogP contribution in [0.1, 0.15) is 66.9 Å². The van der Waals surface area contributed by atoms with Crippen LogP contribution in [0.15, 0.2) is 39.3 Å². The van der Waals surface area contributed by atoms with Crippen molar-refractivity contribution in [2.24, 2.45) is 10.2 Å². The molecule has 30 heavy (non-hydrogen) atoms. The van der Waals surface area contributed by atoms with E-state index >= 15 is 0 Å². The zero-order chi connectivity index (χ0) is 21.9. The first-order valence-electron chi connectivity index (χ1n) is 10.1. The number of H-pyrrole nitrogens is 1. The normalized spacial score (nSPS) is 10.8. The maximum atomic E-state index is 12.3. The highest BCUT2D eigenvalue weighted by Gasteiger charge is 2.14. The number of aromatic hydroxyl groups is 1. The van der Waals surface area contributed by atoms with Crippen molar-refractivity contribution in [3.63, 3.8) is 0 Å². The van der Waals surface area contributed by atoms with Crippen molar-refractivity contribution in [2.75, 3.05) is 6.54 Å². The molecule has 0 aliphatic carbocycles. The molecule has 0 unspecified atom stereocenters.